The van der Waals surface area contributed by atoms with Gasteiger partial charge in [0.15, 0.2) is 0 Å². The normalized spacial score (nSPS) is 25.3. The Hall–Kier alpha value is -1.11. The lowest BCUT2D eigenvalue weighted by Gasteiger charge is -2.28. The molecule has 3 rings (SSSR count). The zero-order valence-electron chi connectivity index (χ0n) is 13.1. The number of rotatable bonds is 4. The van der Waals surface area contributed by atoms with Crippen LogP contribution in [-0.2, 0) is 16.4 Å². The van der Waals surface area contributed by atoms with Crippen LogP contribution in [0.4, 0.5) is 5.69 Å². The van der Waals surface area contributed by atoms with Gasteiger partial charge in [0.2, 0.25) is 10.0 Å². The molecule has 5 nitrogen and oxygen atoms in total. The van der Waals surface area contributed by atoms with Crippen molar-refractivity contribution in [1.29, 1.82) is 0 Å². The topological polar surface area (TPSA) is 75.4 Å². The molecular weight excluding hydrogens is 298 g/mol. The van der Waals surface area contributed by atoms with Crippen molar-refractivity contribution in [2.24, 2.45) is 11.7 Å². The van der Waals surface area contributed by atoms with E-state index in [0.29, 0.717) is 11.4 Å². The fourth-order valence-electron chi connectivity index (χ4n) is 3.65. The maximum absolute atomic E-state index is 12.7. The van der Waals surface area contributed by atoms with Gasteiger partial charge in [-0.25, -0.2) is 13.1 Å². The van der Waals surface area contributed by atoms with Gasteiger partial charge in [-0.1, -0.05) is 12.5 Å². The number of aryl methyl sites for hydroxylation is 1. The summed E-state index contributed by atoms with van der Waals surface area (Å²) in [5, 5.41) is 0. The van der Waals surface area contributed by atoms with Crippen LogP contribution in [0, 0.1) is 5.92 Å². The predicted octanol–water partition coefficient (Wildman–Crippen LogP) is 1.47. The van der Waals surface area contributed by atoms with Crippen LogP contribution in [0.15, 0.2) is 23.1 Å². The Morgan fingerprint density at radius 1 is 1.32 bits per heavy atom. The van der Waals surface area contributed by atoms with E-state index >= 15 is 0 Å². The standard InChI is InChI=1S/C16H25N3O2S/c1-19-9-3-5-12-7-8-14(10-16(12)19)22(20,21)18-15-6-2-4-13(15)11-17/h7-8,10,13,15,18H,2-6,9,11,17H2,1H3. The Balaban J connectivity index is 1.85. The van der Waals surface area contributed by atoms with Crippen molar-refractivity contribution in [3.05, 3.63) is 23.8 Å². The van der Waals surface area contributed by atoms with Crippen LogP contribution in [0.25, 0.3) is 0 Å². The van der Waals surface area contributed by atoms with Crippen molar-refractivity contribution < 1.29 is 8.42 Å². The van der Waals surface area contributed by atoms with E-state index in [9.17, 15) is 8.42 Å². The van der Waals surface area contributed by atoms with Crippen LogP contribution in [0.2, 0.25) is 0 Å². The lowest BCUT2D eigenvalue weighted by molar-refractivity contribution is 0.453. The summed E-state index contributed by atoms with van der Waals surface area (Å²) in [6.45, 7) is 1.52. The van der Waals surface area contributed by atoms with Crippen molar-refractivity contribution in [2.45, 2.75) is 43.0 Å². The van der Waals surface area contributed by atoms with E-state index in [1.165, 1.54) is 5.56 Å². The number of hydrogen-bond donors (Lipinski definition) is 2. The highest BCUT2D eigenvalue weighted by atomic mass is 32.2. The van der Waals surface area contributed by atoms with Crippen LogP contribution >= 0.6 is 0 Å². The van der Waals surface area contributed by atoms with Crippen molar-refractivity contribution >= 4 is 15.7 Å². The van der Waals surface area contributed by atoms with Gasteiger partial charge in [-0.3, -0.25) is 0 Å². The number of anilines is 1. The Bertz CT molecular complexity index is 645. The van der Waals surface area contributed by atoms with Gasteiger partial charge in [-0.2, -0.15) is 0 Å². The molecule has 0 saturated heterocycles. The van der Waals surface area contributed by atoms with Crippen molar-refractivity contribution in [3.8, 4) is 0 Å². The molecule has 0 bridgehead atoms. The van der Waals surface area contributed by atoms with Gasteiger partial charge in [-0.15, -0.1) is 0 Å². The average Bonchev–Trinajstić information content (AvgIpc) is 2.94. The molecule has 22 heavy (non-hydrogen) atoms. The summed E-state index contributed by atoms with van der Waals surface area (Å²) in [6, 6.07) is 5.47. The van der Waals surface area contributed by atoms with Gasteiger partial charge in [0.1, 0.15) is 0 Å². The van der Waals surface area contributed by atoms with E-state index in [-0.39, 0.29) is 12.0 Å². The summed E-state index contributed by atoms with van der Waals surface area (Å²) < 4.78 is 28.2. The Morgan fingerprint density at radius 2 is 2.14 bits per heavy atom. The van der Waals surface area contributed by atoms with Crippen LogP contribution in [0.5, 0.6) is 0 Å². The summed E-state index contributed by atoms with van der Waals surface area (Å²) in [5.74, 6) is 0.259. The van der Waals surface area contributed by atoms with E-state index < -0.39 is 10.0 Å². The summed E-state index contributed by atoms with van der Waals surface area (Å²) in [7, 11) is -1.46. The van der Waals surface area contributed by atoms with E-state index in [4.69, 9.17) is 5.73 Å². The SMILES string of the molecule is CN1CCCc2ccc(S(=O)(=O)NC3CCCC3CN)cc21. The summed E-state index contributed by atoms with van der Waals surface area (Å²) in [4.78, 5) is 2.50. The fourth-order valence-corrected chi connectivity index (χ4v) is 5.01. The van der Waals surface area contributed by atoms with Crippen LogP contribution in [-0.4, -0.2) is 34.6 Å². The zero-order chi connectivity index (χ0) is 15.7. The quantitative estimate of drug-likeness (QED) is 0.880. The maximum Gasteiger partial charge on any atom is 0.240 e. The van der Waals surface area contributed by atoms with Gasteiger partial charge >= 0.3 is 0 Å². The van der Waals surface area contributed by atoms with E-state index in [2.05, 4.69) is 9.62 Å². The van der Waals surface area contributed by atoms with Crippen LogP contribution < -0.4 is 15.4 Å². The molecule has 3 N–H and O–H groups in total. The molecule has 1 aromatic carbocycles. The van der Waals surface area contributed by atoms with Gasteiger partial charge < -0.3 is 10.6 Å². The highest BCUT2D eigenvalue weighted by Gasteiger charge is 2.30. The average molecular weight is 323 g/mol. The molecule has 1 saturated carbocycles. The molecule has 6 heteroatoms. The first-order valence-corrected chi connectivity index (χ1v) is 9.56. The molecule has 0 radical (unpaired) electrons. The molecule has 0 aromatic heterocycles. The largest absolute Gasteiger partial charge is 0.374 e. The van der Waals surface area contributed by atoms with E-state index in [1.54, 1.807) is 6.07 Å². The summed E-state index contributed by atoms with van der Waals surface area (Å²) in [6.07, 6.45) is 5.07. The fraction of sp³-hybridized carbons (Fsp3) is 0.625. The van der Waals surface area contributed by atoms with Gasteiger partial charge in [0, 0.05) is 25.3 Å². The number of nitrogens with zero attached hydrogens (tertiary/aromatic N) is 1. The highest BCUT2D eigenvalue weighted by Crippen LogP contribution is 2.30. The second kappa shape index (κ2) is 6.18. The van der Waals surface area contributed by atoms with Gasteiger partial charge in [-0.05, 0) is 55.8 Å². The van der Waals surface area contributed by atoms with Crippen molar-refractivity contribution in [2.75, 3.05) is 25.0 Å². The minimum absolute atomic E-state index is 0.0243. The number of nitrogens with two attached hydrogens (primary N) is 1. The number of nitrogens with one attached hydrogen (secondary N) is 1. The first-order valence-electron chi connectivity index (χ1n) is 8.08. The summed E-state index contributed by atoms with van der Waals surface area (Å²) in [5.41, 5.74) is 8.02. The van der Waals surface area contributed by atoms with Gasteiger partial charge in [0.25, 0.3) is 0 Å². The number of benzene rings is 1. The lowest BCUT2D eigenvalue weighted by atomic mass is 10.0. The van der Waals surface area contributed by atoms with Gasteiger partial charge in [0.05, 0.1) is 4.90 Å². The molecule has 1 aliphatic carbocycles. The second-order valence-corrected chi connectivity index (χ2v) is 8.18. The zero-order valence-corrected chi connectivity index (χ0v) is 13.9. The number of sulfonamides is 1. The maximum atomic E-state index is 12.7. The molecule has 0 spiro atoms. The van der Waals surface area contributed by atoms with E-state index in [0.717, 1.165) is 44.3 Å². The molecule has 2 atom stereocenters. The molecule has 1 aliphatic heterocycles. The molecule has 1 aromatic rings. The molecule has 122 valence electrons. The van der Waals surface area contributed by atoms with Crippen LogP contribution in [0.3, 0.4) is 0 Å². The minimum atomic E-state index is -3.48. The minimum Gasteiger partial charge on any atom is -0.374 e. The predicted molar refractivity (Wildman–Crippen MR) is 88.5 cm³/mol. The van der Waals surface area contributed by atoms with Crippen molar-refractivity contribution in [1.82, 2.24) is 4.72 Å². The molecule has 2 aliphatic rings. The van der Waals surface area contributed by atoms with Crippen LogP contribution in [0.1, 0.15) is 31.2 Å². The molecule has 2 unspecified atom stereocenters. The Morgan fingerprint density at radius 3 is 2.91 bits per heavy atom. The first kappa shape index (κ1) is 15.8. The second-order valence-electron chi connectivity index (χ2n) is 6.47. The first-order chi connectivity index (χ1) is 10.5. The lowest BCUT2D eigenvalue weighted by Crippen LogP contribution is -2.39. The Kier molecular flexibility index (Phi) is 4.43. The molecule has 1 heterocycles. The third-order valence-corrected chi connectivity index (χ3v) is 6.47. The highest BCUT2D eigenvalue weighted by molar-refractivity contribution is 7.89. The smallest absolute Gasteiger partial charge is 0.240 e. The molecular formula is C16H25N3O2S. The molecule has 1 fully saturated rings. The van der Waals surface area contributed by atoms with Crippen molar-refractivity contribution in [3.63, 3.8) is 0 Å². The monoisotopic (exact) mass is 323 g/mol. The van der Waals surface area contributed by atoms with E-state index in [1.807, 2.05) is 19.2 Å². The number of hydrogen-bond acceptors (Lipinski definition) is 4. The Labute approximate surface area is 132 Å². The summed E-state index contributed by atoms with van der Waals surface area (Å²) >= 11 is 0. The molecule has 0 amide bonds. The third-order valence-electron chi connectivity index (χ3n) is 4.99. The number of fused-ring (bicyclic) bond motifs is 1. The third kappa shape index (κ3) is 3.00.